The normalized spacial score (nSPS) is 10.7. The van der Waals surface area contributed by atoms with Gasteiger partial charge in [0.1, 0.15) is 18.2 Å². The zero-order chi connectivity index (χ0) is 20.4. The highest BCUT2D eigenvalue weighted by Gasteiger charge is 2.11. The zero-order valence-electron chi connectivity index (χ0n) is 15.4. The standard InChI is InChI=1S/C20H21ClFN3O3/c1-2-3-9-23-19(26)20(27)25-24-12-15-11-16(21)7-8-18(15)28-13-14-5-4-6-17(22)10-14/h4-8,10-12H,2-3,9,13H2,1H3,(H,23,26)(H,25,27)/b24-12-. The number of hydrogen-bond donors (Lipinski definition) is 2. The van der Waals surface area contributed by atoms with Crippen molar-refractivity contribution in [2.24, 2.45) is 5.10 Å². The molecule has 0 atom stereocenters. The first-order chi connectivity index (χ1) is 13.5. The molecule has 148 valence electrons. The summed E-state index contributed by atoms with van der Waals surface area (Å²) in [6.45, 7) is 2.56. The van der Waals surface area contributed by atoms with E-state index in [9.17, 15) is 14.0 Å². The van der Waals surface area contributed by atoms with Crippen LogP contribution in [0.4, 0.5) is 4.39 Å². The van der Waals surface area contributed by atoms with E-state index in [4.69, 9.17) is 16.3 Å². The quantitative estimate of drug-likeness (QED) is 0.305. The second-order valence-electron chi connectivity index (χ2n) is 5.91. The maximum absolute atomic E-state index is 13.3. The van der Waals surface area contributed by atoms with Crippen LogP contribution in [0.1, 0.15) is 30.9 Å². The zero-order valence-corrected chi connectivity index (χ0v) is 16.1. The number of unbranched alkanes of at least 4 members (excludes halogenated alkanes) is 1. The minimum atomic E-state index is -0.864. The molecule has 0 saturated carbocycles. The summed E-state index contributed by atoms with van der Waals surface area (Å²) in [5, 5.41) is 6.72. The summed E-state index contributed by atoms with van der Waals surface area (Å²) in [5.74, 6) is -1.52. The number of halogens is 2. The van der Waals surface area contributed by atoms with Crippen molar-refractivity contribution < 1.29 is 18.7 Å². The van der Waals surface area contributed by atoms with E-state index in [1.165, 1.54) is 18.3 Å². The minimum Gasteiger partial charge on any atom is -0.488 e. The summed E-state index contributed by atoms with van der Waals surface area (Å²) in [4.78, 5) is 23.3. The molecule has 0 unspecified atom stereocenters. The molecule has 0 aromatic heterocycles. The molecule has 2 amide bonds. The van der Waals surface area contributed by atoms with E-state index < -0.39 is 11.8 Å². The third-order valence-corrected chi connectivity index (χ3v) is 3.88. The monoisotopic (exact) mass is 405 g/mol. The molecule has 8 heteroatoms. The first kappa shape index (κ1) is 21.4. The van der Waals surface area contributed by atoms with E-state index >= 15 is 0 Å². The molecule has 2 aromatic carbocycles. The molecule has 0 fully saturated rings. The molecule has 0 spiro atoms. The van der Waals surface area contributed by atoms with Crippen LogP contribution in [0.5, 0.6) is 5.75 Å². The van der Waals surface area contributed by atoms with Crippen molar-refractivity contribution in [2.45, 2.75) is 26.4 Å². The van der Waals surface area contributed by atoms with Gasteiger partial charge in [-0.25, -0.2) is 9.82 Å². The SMILES string of the molecule is CCCCNC(=O)C(=O)N/N=C\c1cc(Cl)ccc1OCc1cccc(F)c1. The maximum Gasteiger partial charge on any atom is 0.329 e. The van der Waals surface area contributed by atoms with Crippen LogP contribution in [0.15, 0.2) is 47.6 Å². The predicted molar refractivity (Wildman–Crippen MR) is 106 cm³/mol. The Morgan fingerprint density at radius 1 is 1.21 bits per heavy atom. The fraction of sp³-hybridized carbons (Fsp3) is 0.250. The van der Waals surface area contributed by atoms with Crippen LogP contribution >= 0.6 is 11.6 Å². The third kappa shape index (κ3) is 7.00. The molecule has 2 aromatic rings. The highest BCUT2D eigenvalue weighted by molar-refractivity contribution is 6.35. The van der Waals surface area contributed by atoms with Crippen molar-refractivity contribution in [3.8, 4) is 5.75 Å². The molecule has 0 aliphatic rings. The van der Waals surface area contributed by atoms with E-state index in [-0.39, 0.29) is 12.4 Å². The number of hydrogen-bond acceptors (Lipinski definition) is 4. The van der Waals surface area contributed by atoms with E-state index in [2.05, 4.69) is 15.8 Å². The summed E-state index contributed by atoms with van der Waals surface area (Å²) < 4.78 is 19.0. The van der Waals surface area contributed by atoms with Gasteiger partial charge in [-0.1, -0.05) is 37.1 Å². The molecule has 0 bridgehead atoms. The van der Waals surface area contributed by atoms with Gasteiger partial charge in [-0.3, -0.25) is 9.59 Å². The van der Waals surface area contributed by atoms with Crippen molar-refractivity contribution in [3.05, 3.63) is 64.4 Å². The third-order valence-electron chi connectivity index (χ3n) is 3.65. The first-order valence-corrected chi connectivity index (χ1v) is 9.15. The Morgan fingerprint density at radius 3 is 2.79 bits per heavy atom. The number of hydrazone groups is 1. The lowest BCUT2D eigenvalue weighted by molar-refractivity contribution is -0.139. The number of ether oxygens (including phenoxy) is 1. The van der Waals surface area contributed by atoms with Crippen LogP contribution in [0.25, 0.3) is 0 Å². The summed E-state index contributed by atoms with van der Waals surface area (Å²) in [6.07, 6.45) is 3.02. The van der Waals surface area contributed by atoms with Gasteiger partial charge < -0.3 is 10.1 Å². The molecular formula is C20H21ClFN3O3. The summed E-state index contributed by atoms with van der Waals surface area (Å²) >= 11 is 6.00. The van der Waals surface area contributed by atoms with Crippen LogP contribution in [0, 0.1) is 5.82 Å². The topological polar surface area (TPSA) is 79.8 Å². The predicted octanol–water partition coefficient (Wildman–Crippen LogP) is 3.42. The number of amides is 2. The van der Waals surface area contributed by atoms with Crippen LogP contribution in [-0.4, -0.2) is 24.6 Å². The Kier molecular flexibility index (Phi) is 8.42. The number of nitrogens with zero attached hydrogens (tertiary/aromatic N) is 1. The van der Waals surface area contributed by atoms with E-state index in [0.29, 0.717) is 28.4 Å². The van der Waals surface area contributed by atoms with Crippen molar-refractivity contribution in [2.75, 3.05) is 6.54 Å². The fourth-order valence-corrected chi connectivity index (χ4v) is 2.39. The van der Waals surface area contributed by atoms with Gasteiger partial charge in [-0.05, 0) is 42.3 Å². The Hall–Kier alpha value is -2.93. The number of benzene rings is 2. The first-order valence-electron chi connectivity index (χ1n) is 8.77. The van der Waals surface area contributed by atoms with Crippen LogP contribution in [-0.2, 0) is 16.2 Å². The number of carbonyl (C=O) groups excluding carboxylic acids is 2. The van der Waals surface area contributed by atoms with Crippen molar-refractivity contribution >= 4 is 29.6 Å². The molecular weight excluding hydrogens is 385 g/mol. The number of carbonyl (C=O) groups is 2. The lowest BCUT2D eigenvalue weighted by Crippen LogP contribution is -2.38. The molecule has 0 saturated heterocycles. The molecule has 0 radical (unpaired) electrons. The van der Waals surface area contributed by atoms with Crippen LogP contribution in [0.2, 0.25) is 5.02 Å². The van der Waals surface area contributed by atoms with Gasteiger partial charge in [0.2, 0.25) is 0 Å². The Labute approximate surface area is 167 Å². The molecule has 0 heterocycles. The summed E-state index contributed by atoms with van der Waals surface area (Å²) in [7, 11) is 0. The highest BCUT2D eigenvalue weighted by atomic mass is 35.5. The molecule has 2 N–H and O–H groups in total. The Bertz CT molecular complexity index is 858. The lowest BCUT2D eigenvalue weighted by Gasteiger charge is -2.10. The summed E-state index contributed by atoms with van der Waals surface area (Å²) in [6, 6.07) is 10.9. The molecule has 6 nitrogen and oxygen atoms in total. The maximum atomic E-state index is 13.3. The van der Waals surface area contributed by atoms with Gasteiger partial charge in [0.25, 0.3) is 0 Å². The fourth-order valence-electron chi connectivity index (χ4n) is 2.21. The molecule has 2 rings (SSSR count). The van der Waals surface area contributed by atoms with E-state index in [1.807, 2.05) is 6.92 Å². The van der Waals surface area contributed by atoms with Gasteiger partial charge in [0.15, 0.2) is 0 Å². The van der Waals surface area contributed by atoms with Crippen LogP contribution in [0.3, 0.4) is 0 Å². The average Bonchev–Trinajstić information content (AvgIpc) is 2.67. The lowest BCUT2D eigenvalue weighted by atomic mass is 10.2. The second kappa shape index (κ2) is 11.0. The minimum absolute atomic E-state index is 0.145. The van der Waals surface area contributed by atoms with E-state index in [0.717, 1.165) is 12.8 Å². The molecule has 28 heavy (non-hydrogen) atoms. The Balaban J connectivity index is 1.98. The van der Waals surface area contributed by atoms with Gasteiger partial charge in [0.05, 0.1) is 6.21 Å². The van der Waals surface area contributed by atoms with Crippen LogP contribution < -0.4 is 15.5 Å². The molecule has 0 aliphatic carbocycles. The van der Waals surface area contributed by atoms with Gasteiger partial charge in [0, 0.05) is 17.1 Å². The van der Waals surface area contributed by atoms with Gasteiger partial charge >= 0.3 is 11.8 Å². The Morgan fingerprint density at radius 2 is 2.04 bits per heavy atom. The van der Waals surface area contributed by atoms with Gasteiger partial charge in [-0.2, -0.15) is 5.10 Å². The highest BCUT2D eigenvalue weighted by Crippen LogP contribution is 2.22. The smallest absolute Gasteiger partial charge is 0.329 e. The second-order valence-corrected chi connectivity index (χ2v) is 6.35. The molecule has 0 aliphatic heterocycles. The number of nitrogens with one attached hydrogen (secondary N) is 2. The van der Waals surface area contributed by atoms with Crippen molar-refractivity contribution in [1.29, 1.82) is 0 Å². The van der Waals surface area contributed by atoms with Crippen molar-refractivity contribution in [1.82, 2.24) is 10.7 Å². The largest absolute Gasteiger partial charge is 0.488 e. The average molecular weight is 406 g/mol. The number of rotatable bonds is 8. The summed E-state index contributed by atoms with van der Waals surface area (Å²) in [5.41, 5.74) is 3.31. The van der Waals surface area contributed by atoms with Gasteiger partial charge in [-0.15, -0.1) is 0 Å². The van der Waals surface area contributed by atoms with Crippen molar-refractivity contribution in [3.63, 3.8) is 0 Å². The van der Waals surface area contributed by atoms with E-state index in [1.54, 1.807) is 30.3 Å².